The van der Waals surface area contributed by atoms with Gasteiger partial charge in [0.15, 0.2) is 0 Å². The van der Waals surface area contributed by atoms with Crippen molar-refractivity contribution in [2.45, 2.75) is 213 Å². The van der Waals surface area contributed by atoms with Gasteiger partial charge in [-0.05, 0) is 38.5 Å². The largest absolute Gasteiger partial charge is 0.756 e. The van der Waals surface area contributed by atoms with Crippen LogP contribution in [0.5, 0.6) is 0 Å². The van der Waals surface area contributed by atoms with Crippen LogP contribution >= 0.6 is 7.82 Å². The fraction of sp³-hybridized carbons (Fsp3) is 0.955. The molecule has 0 heterocycles. The molecule has 312 valence electrons. The summed E-state index contributed by atoms with van der Waals surface area (Å²) >= 11 is 0. The number of phosphoric ester groups is 1. The van der Waals surface area contributed by atoms with Gasteiger partial charge in [-0.25, -0.2) is 0 Å². The van der Waals surface area contributed by atoms with Gasteiger partial charge >= 0.3 is 0 Å². The van der Waals surface area contributed by atoms with E-state index in [1.807, 2.05) is 21.1 Å². The standard InChI is InChI=1S/C44H90NO6P/c1-6-8-10-12-14-16-18-20-22-24-26-28-30-32-34-36-39-48-42-44(51-52(46,47)50-41-38-45(3,4)5)43-49-40-37-35-33-31-29-27-25-23-21-19-17-15-13-11-9-7-2/h20,22,44H,6-19,21,23-43H2,1-5H3/b22-20-/i42D2,43D2,44D. The number of nitrogens with zero attached hydrogens (tertiary/aromatic N) is 1. The molecular weight excluding hydrogens is 669 g/mol. The Labute approximate surface area is 332 Å². The summed E-state index contributed by atoms with van der Waals surface area (Å²) in [6, 6.07) is 0. The quantitative estimate of drug-likeness (QED) is 0.0266. The molecule has 0 fully saturated rings. The molecule has 0 aromatic carbocycles. The molecule has 2 unspecified atom stereocenters. The molecule has 7 nitrogen and oxygen atoms in total. The van der Waals surface area contributed by atoms with Gasteiger partial charge in [-0.3, -0.25) is 4.57 Å². The lowest BCUT2D eigenvalue weighted by atomic mass is 10.0. The van der Waals surface area contributed by atoms with E-state index in [0.29, 0.717) is 23.9 Å². The van der Waals surface area contributed by atoms with Crippen molar-refractivity contribution in [2.24, 2.45) is 0 Å². The molecular formula is C44H90NO6P. The summed E-state index contributed by atoms with van der Waals surface area (Å²) in [5, 5.41) is 0. The zero-order chi connectivity index (χ0) is 42.8. The third-order valence-electron chi connectivity index (χ3n) is 9.40. The van der Waals surface area contributed by atoms with E-state index in [-0.39, 0.29) is 19.8 Å². The van der Waals surface area contributed by atoms with Gasteiger partial charge in [-0.2, -0.15) is 0 Å². The molecule has 0 aromatic rings. The number of quaternary nitrogens is 1. The van der Waals surface area contributed by atoms with E-state index in [9.17, 15) is 9.46 Å². The van der Waals surface area contributed by atoms with E-state index in [4.69, 9.17) is 25.4 Å². The number of phosphoric acid groups is 1. The summed E-state index contributed by atoms with van der Waals surface area (Å²) in [5.74, 6) is 0. The minimum Gasteiger partial charge on any atom is -0.756 e. The van der Waals surface area contributed by atoms with E-state index in [2.05, 4.69) is 26.0 Å². The summed E-state index contributed by atoms with van der Waals surface area (Å²) in [4.78, 5) is 12.9. The molecule has 2 atom stereocenters. The fourth-order valence-corrected chi connectivity index (χ4v) is 6.66. The lowest BCUT2D eigenvalue weighted by Crippen LogP contribution is -2.38. The Morgan fingerprint density at radius 1 is 0.558 bits per heavy atom. The van der Waals surface area contributed by atoms with Gasteiger partial charge in [0.25, 0.3) is 7.82 Å². The Balaban J connectivity index is 4.73. The number of hydrogen-bond acceptors (Lipinski definition) is 6. The van der Waals surface area contributed by atoms with Gasteiger partial charge in [0, 0.05) is 13.2 Å². The van der Waals surface area contributed by atoms with E-state index in [1.54, 1.807) is 0 Å². The molecule has 0 bridgehead atoms. The second-order valence-corrected chi connectivity index (χ2v) is 17.2. The van der Waals surface area contributed by atoms with E-state index in [1.165, 1.54) is 109 Å². The van der Waals surface area contributed by atoms with Crippen molar-refractivity contribution < 1.29 is 39.3 Å². The lowest BCUT2D eigenvalue weighted by molar-refractivity contribution is -0.870. The number of allylic oxidation sites excluding steroid dienone is 2. The summed E-state index contributed by atoms with van der Waals surface area (Å²) < 4.78 is 77.2. The van der Waals surface area contributed by atoms with Crippen LogP contribution in [0.2, 0.25) is 0 Å². The number of unbranched alkanes of at least 4 members (excludes halogenated alkanes) is 27. The average Bonchev–Trinajstić information content (AvgIpc) is 3.13. The highest BCUT2D eigenvalue weighted by atomic mass is 31.2. The smallest absolute Gasteiger partial charge is 0.268 e. The first-order chi connectivity index (χ1) is 27.0. The third-order valence-corrected chi connectivity index (χ3v) is 10.3. The zero-order valence-corrected chi connectivity index (χ0v) is 35.9. The molecule has 0 aliphatic rings. The van der Waals surface area contributed by atoms with Gasteiger partial charge in [-0.1, -0.05) is 180 Å². The molecule has 0 aliphatic carbocycles. The van der Waals surface area contributed by atoms with Crippen molar-refractivity contribution >= 4 is 7.82 Å². The minimum absolute atomic E-state index is 0.119. The Bertz CT molecular complexity index is 1000. The van der Waals surface area contributed by atoms with Crippen LogP contribution < -0.4 is 4.89 Å². The van der Waals surface area contributed by atoms with Crippen molar-refractivity contribution in [3.63, 3.8) is 0 Å². The zero-order valence-electron chi connectivity index (χ0n) is 40.0. The van der Waals surface area contributed by atoms with Crippen molar-refractivity contribution in [1.82, 2.24) is 0 Å². The maximum Gasteiger partial charge on any atom is 0.268 e. The van der Waals surface area contributed by atoms with Crippen molar-refractivity contribution in [3.05, 3.63) is 12.2 Å². The van der Waals surface area contributed by atoms with Crippen molar-refractivity contribution in [2.75, 3.05) is 60.6 Å². The van der Waals surface area contributed by atoms with Crippen LogP contribution in [0.3, 0.4) is 0 Å². The molecule has 0 radical (unpaired) electrons. The van der Waals surface area contributed by atoms with Gasteiger partial charge in [0.2, 0.25) is 0 Å². The fourth-order valence-electron chi connectivity index (χ4n) is 6.00. The molecule has 8 heteroatoms. The predicted octanol–water partition coefficient (Wildman–Crippen LogP) is 12.9. The molecule has 0 saturated heterocycles. The minimum atomic E-state index is -5.34. The summed E-state index contributed by atoms with van der Waals surface area (Å²) in [6.07, 6.45) is 35.8. The second kappa shape index (κ2) is 39.0. The van der Waals surface area contributed by atoms with E-state index in [0.717, 1.165) is 70.6 Å². The Kier molecular flexibility index (Phi) is 32.1. The number of hydrogen-bond donors (Lipinski definition) is 0. The third kappa shape index (κ3) is 42.5. The summed E-state index contributed by atoms with van der Waals surface area (Å²) in [6.45, 7) is -2.07. The molecule has 0 rings (SSSR count). The second-order valence-electron chi connectivity index (χ2n) is 15.9. The van der Waals surface area contributed by atoms with Crippen LogP contribution in [0.15, 0.2) is 12.2 Å². The molecule has 0 amide bonds. The Morgan fingerprint density at radius 2 is 0.885 bits per heavy atom. The number of likely N-dealkylation sites (N-methyl/N-ethyl adjacent to an activating group) is 1. The summed E-state index contributed by atoms with van der Waals surface area (Å²) in [7, 11) is 0.209. The first-order valence-corrected chi connectivity index (χ1v) is 23.4. The lowest BCUT2D eigenvalue weighted by Gasteiger charge is -2.30. The highest BCUT2D eigenvalue weighted by Gasteiger charge is 2.20. The molecule has 0 spiro atoms. The van der Waals surface area contributed by atoms with Crippen LogP contribution in [0.4, 0.5) is 0 Å². The first-order valence-electron chi connectivity index (χ1n) is 24.4. The Hall–Kier alpha value is -0.270. The maximum absolute atomic E-state index is 12.9. The SMILES string of the molecule is [2H]C([2H])(OCCCCCCCC/C=C\CCCCCCCC)C([2H])(OP(=O)([O-])OCC[N+](C)(C)C)C([2H])([2H])OCCCCCCCCCCCCCCCCCC. The van der Waals surface area contributed by atoms with E-state index >= 15 is 0 Å². The normalized spacial score (nSPS) is 16.6. The van der Waals surface area contributed by atoms with Gasteiger partial charge in [0.1, 0.15) is 19.2 Å². The maximum atomic E-state index is 12.9. The number of ether oxygens (including phenoxy) is 2. The van der Waals surface area contributed by atoms with Gasteiger partial charge in [-0.15, -0.1) is 0 Å². The van der Waals surface area contributed by atoms with Gasteiger partial charge < -0.3 is 27.9 Å². The topological polar surface area (TPSA) is 77.1 Å². The van der Waals surface area contributed by atoms with E-state index < -0.39 is 27.0 Å². The predicted molar refractivity (Wildman–Crippen MR) is 222 cm³/mol. The molecule has 0 N–H and O–H groups in total. The molecule has 0 aromatic heterocycles. The molecule has 0 saturated carbocycles. The highest BCUT2D eigenvalue weighted by Crippen LogP contribution is 2.40. The van der Waals surface area contributed by atoms with Crippen LogP contribution in [0.25, 0.3) is 0 Å². The van der Waals surface area contributed by atoms with Gasteiger partial charge in [0.05, 0.1) is 41.1 Å². The summed E-state index contributed by atoms with van der Waals surface area (Å²) in [5.41, 5.74) is 0. The van der Waals surface area contributed by atoms with Crippen LogP contribution in [0, 0.1) is 0 Å². The highest BCUT2D eigenvalue weighted by molar-refractivity contribution is 7.45. The van der Waals surface area contributed by atoms with Crippen molar-refractivity contribution in [1.29, 1.82) is 0 Å². The first kappa shape index (κ1) is 42.9. The monoisotopic (exact) mass is 765 g/mol. The Morgan fingerprint density at radius 3 is 1.23 bits per heavy atom. The van der Waals surface area contributed by atoms with Crippen LogP contribution in [-0.4, -0.2) is 71.2 Å². The number of rotatable bonds is 43. The van der Waals surface area contributed by atoms with Crippen LogP contribution in [-0.2, 0) is 23.1 Å². The average molecular weight is 765 g/mol. The van der Waals surface area contributed by atoms with Crippen LogP contribution in [0.1, 0.15) is 213 Å². The van der Waals surface area contributed by atoms with Crippen molar-refractivity contribution in [3.8, 4) is 0 Å². The molecule has 0 aliphatic heterocycles. The molecule has 52 heavy (non-hydrogen) atoms.